The normalized spacial score (nSPS) is 10.4. The van der Waals surface area contributed by atoms with E-state index in [0.717, 1.165) is 5.52 Å². The van der Waals surface area contributed by atoms with Crippen LogP contribution in [0.1, 0.15) is 13.3 Å². The van der Waals surface area contributed by atoms with Gasteiger partial charge in [0.25, 0.3) is 0 Å². The summed E-state index contributed by atoms with van der Waals surface area (Å²) < 4.78 is 5.30. The number of benzene rings is 1. The minimum absolute atomic E-state index is 0.100. The topological polar surface area (TPSA) is 55.1 Å². The van der Waals surface area contributed by atoms with Gasteiger partial charge >= 0.3 is 6.01 Å². The predicted octanol–water partition coefficient (Wildman–Crippen LogP) is 2.18. The third kappa shape index (κ3) is 1.59. The fourth-order valence-electron chi connectivity index (χ4n) is 1.13. The molecule has 2 aromatic rings. The molecule has 1 amide bonds. The highest BCUT2D eigenvalue weighted by Crippen LogP contribution is 2.17. The van der Waals surface area contributed by atoms with Crippen LogP contribution in [0.4, 0.5) is 6.01 Å². The Morgan fingerprint density at radius 3 is 3.00 bits per heavy atom. The van der Waals surface area contributed by atoms with Gasteiger partial charge < -0.3 is 4.42 Å². The van der Waals surface area contributed by atoms with Crippen LogP contribution in [-0.2, 0) is 4.79 Å². The molecule has 0 saturated carbocycles. The van der Waals surface area contributed by atoms with Gasteiger partial charge in [-0.3, -0.25) is 10.1 Å². The van der Waals surface area contributed by atoms with E-state index in [2.05, 4.69) is 10.3 Å². The Bertz CT molecular complexity index is 429. The average Bonchev–Trinajstić information content (AvgIpc) is 2.59. The smallest absolute Gasteiger partial charge is 0.302 e. The molecule has 14 heavy (non-hydrogen) atoms. The van der Waals surface area contributed by atoms with E-state index < -0.39 is 0 Å². The van der Waals surface area contributed by atoms with Crippen LogP contribution in [-0.4, -0.2) is 10.9 Å². The maximum atomic E-state index is 11.0. The molecule has 0 aliphatic rings. The molecule has 1 heterocycles. The highest BCUT2D eigenvalue weighted by atomic mass is 16.4. The third-order valence-corrected chi connectivity index (χ3v) is 1.86. The van der Waals surface area contributed by atoms with Gasteiger partial charge in [0, 0.05) is 6.42 Å². The van der Waals surface area contributed by atoms with E-state index in [9.17, 15) is 4.79 Å². The molecule has 0 spiro atoms. The number of para-hydroxylation sites is 2. The second-order valence-corrected chi connectivity index (χ2v) is 2.89. The number of oxazole rings is 1. The van der Waals surface area contributed by atoms with Gasteiger partial charge in [-0.2, -0.15) is 4.98 Å². The van der Waals surface area contributed by atoms with E-state index in [-0.39, 0.29) is 11.9 Å². The molecule has 1 aromatic heterocycles. The molecule has 0 atom stereocenters. The highest BCUT2D eigenvalue weighted by Gasteiger charge is 2.06. The number of anilines is 1. The first-order valence-corrected chi connectivity index (χ1v) is 4.45. The van der Waals surface area contributed by atoms with Gasteiger partial charge in [0.15, 0.2) is 5.58 Å². The van der Waals surface area contributed by atoms with E-state index in [1.54, 1.807) is 6.92 Å². The molecule has 4 heteroatoms. The molecule has 0 radical (unpaired) electrons. The third-order valence-electron chi connectivity index (χ3n) is 1.86. The summed E-state index contributed by atoms with van der Waals surface area (Å²) in [4.78, 5) is 15.1. The van der Waals surface area contributed by atoms with Gasteiger partial charge in [0.2, 0.25) is 5.91 Å². The summed E-state index contributed by atoms with van der Waals surface area (Å²) in [5, 5.41) is 2.56. The summed E-state index contributed by atoms with van der Waals surface area (Å²) in [6.07, 6.45) is 0.415. The Morgan fingerprint density at radius 2 is 2.29 bits per heavy atom. The zero-order valence-electron chi connectivity index (χ0n) is 7.78. The Balaban J connectivity index is 2.31. The van der Waals surface area contributed by atoms with Crippen molar-refractivity contribution in [2.24, 2.45) is 0 Å². The fourth-order valence-corrected chi connectivity index (χ4v) is 1.13. The molecule has 1 aromatic carbocycles. The zero-order valence-corrected chi connectivity index (χ0v) is 7.78. The molecule has 0 aliphatic heterocycles. The largest absolute Gasteiger partial charge is 0.423 e. The minimum atomic E-state index is -0.100. The van der Waals surface area contributed by atoms with Crippen LogP contribution < -0.4 is 5.32 Å². The summed E-state index contributed by atoms with van der Waals surface area (Å²) in [7, 11) is 0. The van der Waals surface area contributed by atoms with Gasteiger partial charge in [-0.1, -0.05) is 19.1 Å². The average molecular weight is 190 g/mol. The van der Waals surface area contributed by atoms with Crippen molar-refractivity contribution in [2.75, 3.05) is 5.32 Å². The van der Waals surface area contributed by atoms with Crippen LogP contribution >= 0.6 is 0 Å². The second kappa shape index (κ2) is 3.49. The number of carbonyl (C=O) groups excluding carboxylic acids is 1. The first-order chi connectivity index (χ1) is 6.79. The molecule has 72 valence electrons. The molecule has 0 fully saturated rings. The molecule has 0 saturated heterocycles. The Labute approximate surface area is 80.9 Å². The van der Waals surface area contributed by atoms with Gasteiger partial charge in [0.1, 0.15) is 5.52 Å². The Hall–Kier alpha value is -1.84. The molecule has 0 aliphatic carbocycles. The van der Waals surface area contributed by atoms with Gasteiger partial charge in [-0.15, -0.1) is 0 Å². The van der Waals surface area contributed by atoms with Crippen molar-refractivity contribution >= 4 is 23.0 Å². The van der Waals surface area contributed by atoms with E-state index in [1.807, 2.05) is 24.3 Å². The molecule has 1 N–H and O–H groups in total. The number of nitrogens with zero attached hydrogens (tertiary/aromatic N) is 1. The molecule has 4 nitrogen and oxygen atoms in total. The zero-order chi connectivity index (χ0) is 9.97. The van der Waals surface area contributed by atoms with Crippen molar-refractivity contribution in [2.45, 2.75) is 13.3 Å². The Kier molecular flexibility index (Phi) is 2.18. The number of carbonyl (C=O) groups is 1. The lowest BCUT2D eigenvalue weighted by Gasteiger charge is -1.94. The molecule has 2 rings (SSSR count). The lowest BCUT2D eigenvalue weighted by atomic mass is 10.3. The summed E-state index contributed by atoms with van der Waals surface area (Å²) in [5.74, 6) is -0.100. The lowest BCUT2D eigenvalue weighted by Crippen LogP contribution is -2.09. The lowest BCUT2D eigenvalue weighted by molar-refractivity contribution is -0.116. The maximum absolute atomic E-state index is 11.0. The van der Waals surface area contributed by atoms with Gasteiger partial charge in [-0.25, -0.2) is 0 Å². The Morgan fingerprint density at radius 1 is 1.50 bits per heavy atom. The SMILES string of the molecule is CCC(=O)Nc1nc2ccccc2o1. The molecule has 0 unspecified atom stereocenters. The van der Waals surface area contributed by atoms with E-state index in [1.165, 1.54) is 0 Å². The van der Waals surface area contributed by atoms with E-state index in [0.29, 0.717) is 12.0 Å². The minimum Gasteiger partial charge on any atom is -0.423 e. The summed E-state index contributed by atoms with van der Waals surface area (Å²) >= 11 is 0. The van der Waals surface area contributed by atoms with Gasteiger partial charge in [0.05, 0.1) is 0 Å². The maximum Gasteiger partial charge on any atom is 0.302 e. The van der Waals surface area contributed by atoms with Crippen LogP contribution in [0, 0.1) is 0 Å². The van der Waals surface area contributed by atoms with Gasteiger partial charge in [-0.05, 0) is 12.1 Å². The fraction of sp³-hybridized carbons (Fsp3) is 0.200. The summed E-state index contributed by atoms with van der Waals surface area (Å²) in [6.45, 7) is 1.78. The van der Waals surface area contributed by atoms with Crippen molar-refractivity contribution in [3.63, 3.8) is 0 Å². The van der Waals surface area contributed by atoms with Crippen molar-refractivity contribution in [3.8, 4) is 0 Å². The first kappa shape index (κ1) is 8.74. The van der Waals surface area contributed by atoms with Crippen molar-refractivity contribution in [3.05, 3.63) is 24.3 Å². The summed E-state index contributed by atoms with van der Waals surface area (Å²) in [6, 6.07) is 7.64. The van der Waals surface area contributed by atoms with Crippen molar-refractivity contribution < 1.29 is 9.21 Å². The number of nitrogens with one attached hydrogen (secondary N) is 1. The van der Waals surface area contributed by atoms with E-state index >= 15 is 0 Å². The van der Waals surface area contributed by atoms with Crippen LogP contribution in [0.3, 0.4) is 0 Å². The van der Waals surface area contributed by atoms with Crippen LogP contribution in [0.25, 0.3) is 11.1 Å². The highest BCUT2D eigenvalue weighted by molar-refractivity contribution is 5.89. The van der Waals surface area contributed by atoms with Crippen molar-refractivity contribution in [1.82, 2.24) is 4.98 Å². The second-order valence-electron chi connectivity index (χ2n) is 2.89. The van der Waals surface area contributed by atoms with Crippen molar-refractivity contribution in [1.29, 1.82) is 0 Å². The number of fused-ring (bicyclic) bond motifs is 1. The van der Waals surface area contributed by atoms with E-state index in [4.69, 9.17) is 4.42 Å². The number of hydrogen-bond acceptors (Lipinski definition) is 3. The predicted molar refractivity (Wildman–Crippen MR) is 52.9 cm³/mol. The first-order valence-electron chi connectivity index (χ1n) is 4.45. The molecule has 0 bridgehead atoms. The quantitative estimate of drug-likeness (QED) is 0.789. The number of amides is 1. The molecular weight excluding hydrogens is 180 g/mol. The molecular formula is C10H10N2O2. The van der Waals surface area contributed by atoms with Crippen LogP contribution in [0.15, 0.2) is 28.7 Å². The standard InChI is InChI=1S/C10H10N2O2/c1-2-9(13)12-10-11-7-5-3-4-6-8(7)14-10/h3-6H,2H2,1H3,(H,11,12,13). The van der Waals surface area contributed by atoms with Crippen LogP contribution in [0.5, 0.6) is 0 Å². The monoisotopic (exact) mass is 190 g/mol. The number of aromatic nitrogens is 1. The number of rotatable bonds is 2. The summed E-state index contributed by atoms with van der Waals surface area (Å²) in [5.41, 5.74) is 1.43. The number of hydrogen-bond donors (Lipinski definition) is 1. The van der Waals surface area contributed by atoms with Crippen LogP contribution in [0.2, 0.25) is 0 Å².